The number of nitrogens with zero attached hydrogens (tertiary/aromatic N) is 1. The molecule has 0 radical (unpaired) electrons. The third-order valence-electron chi connectivity index (χ3n) is 6.81. The predicted molar refractivity (Wildman–Crippen MR) is 114 cm³/mol. The standard InChI is InChI=1S/C25H24N2O2/c1-15(28)16-7-9-17(10-8-16)22-19-11-12-20(14-19)23(22)25(29)27-21-6-2-4-18-5-3-13-26-24(18)21/h2-10,13,19-20,22-23H,11-12,14H2,1H3,(H,27,29). The molecule has 5 rings (SSSR count). The van der Waals surface area contributed by atoms with Crippen LogP contribution in [0.1, 0.15) is 48.0 Å². The van der Waals surface area contributed by atoms with Crippen LogP contribution < -0.4 is 5.32 Å². The number of hydrogen-bond donors (Lipinski definition) is 1. The molecule has 3 aromatic rings. The maximum atomic E-state index is 13.4. The summed E-state index contributed by atoms with van der Waals surface area (Å²) in [6.45, 7) is 1.58. The van der Waals surface area contributed by atoms with Crippen molar-refractivity contribution in [3.8, 4) is 0 Å². The minimum atomic E-state index is -0.0316. The van der Waals surface area contributed by atoms with Crippen molar-refractivity contribution >= 4 is 28.3 Å². The molecule has 1 heterocycles. The Balaban J connectivity index is 1.45. The monoisotopic (exact) mass is 384 g/mol. The molecule has 2 aliphatic carbocycles. The highest BCUT2D eigenvalue weighted by Crippen LogP contribution is 2.57. The van der Waals surface area contributed by atoms with Crippen LogP contribution in [0.25, 0.3) is 10.9 Å². The maximum absolute atomic E-state index is 13.4. The Hall–Kier alpha value is -3.01. The van der Waals surface area contributed by atoms with Crippen LogP contribution in [0.3, 0.4) is 0 Å². The van der Waals surface area contributed by atoms with Gasteiger partial charge in [0.15, 0.2) is 5.78 Å². The van der Waals surface area contributed by atoms with E-state index in [0.717, 1.165) is 35.0 Å². The third-order valence-corrected chi connectivity index (χ3v) is 6.81. The molecule has 0 spiro atoms. The number of fused-ring (bicyclic) bond motifs is 3. The second kappa shape index (κ2) is 7.11. The Labute approximate surface area is 170 Å². The molecule has 4 atom stereocenters. The number of nitrogens with one attached hydrogen (secondary N) is 1. The molecule has 2 saturated carbocycles. The quantitative estimate of drug-likeness (QED) is 0.629. The van der Waals surface area contributed by atoms with Gasteiger partial charge in [0.2, 0.25) is 5.91 Å². The van der Waals surface area contributed by atoms with E-state index in [-0.39, 0.29) is 23.5 Å². The van der Waals surface area contributed by atoms with Crippen LogP contribution in [0.4, 0.5) is 5.69 Å². The van der Waals surface area contributed by atoms with E-state index in [2.05, 4.69) is 10.3 Å². The van der Waals surface area contributed by atoms with Crippen molar-refractivity contribution in [1.29, 1.82) is 0 Å². The van der Waals surface area contributed by atoms with Crippen LogP contribution in [0.2, 0.25) is 0 Å². The Morgan fingerprint density at radius 2 is 1.72 bits per heavy atom. The average molecular weight is 384 g/mol. The zero-order chi connectivity index (χ0) is 20.0. The van der Waals surface area contributed by atoms with Crippen LogP contribution in [-0.2, 0) is 4.79 Å². The number of aromatic nitrogens is 1. The van der Waals surface area contributed by atoms with Crippen molar-refractivity contribution in [3.63, 3.8) is 0 Å². The number of hydrogen-bond acceptors (Lipinski definition) is 3. The minimum Gasteiger partial charge on any atom is -0.324 e. The SMILES string of the molecule is CC(=O)c1ccc(C2C3CCC(C3)C2C(=O)Nc2cccc3cccnc23)cc1. The Morgan fingerprint density at radius 3 is 2.52 bits per heavy atom. The lowest BCUT2D eigenvalue weighted by Gasteiger charge is -2.30. The highest BCUT2D eigenvalue weighted by atomic mass is 16.2. The zero-order valence-corrected chi connectivity index (χ0v) is 16.5. The summed E-state index contributed by atoms with van der Waals surface area (Å²) >= 11 is 0. The fourth-order valence-corrected chi connectivity index (χ4v) is 5.51. The van der Waals surface area contributed by atoms with E-state index < -0.39 is 0 Å². The number of carbonyl (C=O) groups is 2. The number of Topliss-reactive ketones (excluding diaryl/α,β-unsaturated/α-hetero) is 1. The summed E-state index contributed by atoms with van der Waals surface area (Å²) in [7, 11) is 0. The largest absolute Gasteiger partial charge is 0.324 e. The first-order valence-electron chi connectivity index (χ1n) is 10.4. The van der Waals surface area contributed by atoms with Crippen LogP contribution in [0.5, 0.6) is 0 Å². The smallest absolute Gasteiger partial charge is 0.228 e. The van der Waals surface area contributed by atoms with Crippen molar-refractivity contribution in [3.05, 3.63) is 71.9 Å². The number of rotatable bonds is 4. The molecule has 4 nitrogen and oxygen atoms in total. The van der Waals surface area contributed by atoms with E-state index >= 15 is 0 Å². The molecule has 1 amide bonds. The van der Waals surface area contributed by atoms with Crippen LogP contribution in [-0.4, -0.2) is 16.7 Å². The van der Waals surface area contributed by atoms with E-state index in [4.69, 9.17) is 0 Å². The normalized spacial score (nSPS) is 25.3. The Bertz CT molecular complexity index is 1080. The summed E-state index contributed by atoms with van der Waals surface area (Å²) in [6.07, 6.45) is 5.18. The topological polar surface area (TPSA) is 59.1 Å². The number of ketones is 1. The first kappa shape index (κ1) is 18.0. The molecular formula is C25H24N2O2. The van der Waals surface area contributed by atoms with Gasteiger partial charge in [-0.15, -0.1) is 0 Å². The third kappa shape index (κ3) is 3.13. The van der Waals surface area contributed by atoms with Crippen molar-refractivity contribution in [2.24, 2.45) is 17.8 Å². The lowest BCUT2D eigenvalue weighted by Crippen LogP contribution is -2.32. The van der Waals surface area contributed by atoms with Crippen LogP contribution in [0.15, 0.2) is 60.8 Å². The second-order valence-corrected chi connectivity index (χ2v) is 8.43. The summed E-state index contributed by atoms with van der Waals surface area (Å²) in [5.41, 5.74) is 3.51. The molecule has 2 bridgehead atoms. The maximum Gasteiger partial charge on any atom is 0.228 e. The summed E-state index contributed by atoms with van der Waals surface area (Å²) in [4.78, 5) is 29.5. The molecule has 29 heavy (non-hydrogen) atoms. The highest BCUT2D eigenvalue weighted by Gasteiger charge is 2.51. The Morgan fingerprint density at radius 1 is 0.966 bits per heavy atom. The summed E-state index contributed by atoms with van der Waals surface area (Å²) in [6, 6.07) is 17.7. The molecule has 2 aliphatic rings. The van der Waals surface area contributed by atoms with Crippen molar-refractivity contribution < 1.29 is 9.59 Å². The van der Waals surface area contributed by atoms with Gasteiger partial charge < -0.3 is 5.32 Å². The molecule has 0 aliphatic heterocycles. The number of amides is 1. The molecule has 1 N–H and O–H groups in total. The van der Waals surface area contributed by atoms with E-state index in [1.165, 1.54) is 12.0 Å². The van der Waals surface area contributed by atoms with Gasteiger partial charge in [-0.2, -0.15) is 0 Å². The van der Waals surface area contributed by atoms with E-state index in [9.17, 15) is 9.59 Å². The fraction of sp³-hybridized carbons (Fsp3) is 0.320. The van der Waals surface area contributed by atoms with Gasteiger partial charge in [-0.1, -0.05) is 42.5 Å². The molecular weight excluding hydrogens is 360 g/mol. The van der Waals surface area contributed by atoms with Crippen LogP contribution >= 0.6 is 0 Å². The number of anilines is 1. The molecule has 1 aromatic heterocycles. The molecule has 2 aromatic carbocycles. The van der Waals surface area contributed by atoms with Gasteiger partial charge in [0, 0.05) is 23.1 Å². The number of pyridine rings is 1. The van der Waals surface area contributed by atoms with Gasteiger partial charge in [-0.3, -0.25) is 14.6 Å². The average Bonchev–Trinajstić information content (AvgIpc) is 3.36. The van der Waals surface area contributed by atoms with Gasteiger partial charge in [-0.25, -0.2) is 0 Å². The van der Waals surface area contributed by atoms with E-state index in [0.29, 0.717) is 11.8 Å². The lowest BCUT2D eigenvalue weighted by atomic mass is 9.75. The number of para-hydroxylation sites is 1. The first-order chi connectivity index (χ1) is 14.1. The lowest BCUT2D eigenvalue weighted by molar-refractivity contribution is -0.121. The first-order valence-corrected chi connectivity index (χ1v) is 10.4. The van der Waals surface area contributed by atoms with E-state index in [1.807, 2.05) is 54.6 Å². The van der Waals surface area contributed by atoms with Crippen molar-refractivity contribution in [2.45, 2.75) is 32.1 Å². The molecule has 0 saturated heterocycles. The molecule has 2 fully saturated rings. The van der Waals surface area contributed by atoms with Crippen molar-refractivity contribution in [1.82, 2.24) is 4.98 Å². The number of carbonyl (C=O) groups excluding carboxylic acids is 2. The second-order valence-electron chi connectivity index (χ2n) is 8.43. The van der Waals surface area contributed by atoms with Gasteiger partial charge in [0.25, 0.3) is 0 Å². The molecule has 4 unspecified atom stereocenters. The van der Waals surface area contributed by atoms with Gasteiger partial charge >= 0.3 is 0 Å². The minimum absolute atomic E-state index is 0.0316. The fourth-order valence-electron chi connectivity index (χ4n) is 5.51. The zero-order valence-electron chi connectivity index (χ0n) is 16.5. The van der Waals surface area contributed by atoms with Crippen molar-refractivity contribution in [2.75, 3.05) is 5.32 Å². The van der Waals surface area contributed by atoms with E-state index in [1.54, 1.807) is 13.1 Å². The molecule has 146 valence electrons. The summed E-state index contributed by atoms with van der Waals surface area (Å²) < 4.78 is 0. The number of benzene rings is 2. The predicted octanol–water partition coefficient (Wildman–Crippen LogP) is 5.21. The summed E-state index contributed by atoms with van der Waals surface area (Å²) in [5.74, 6) is 1.33. The van der Waals surface area contributed by atoms with Gasteiger partial charge in [0.05, 0.1) is 11.2 Å². The molecule has 4 heteroatoms. The summed E-state index contributed by atoms with van der Waals surface area (Å²) in [5, 5.41) is 4.21. The van der Waals surface area contributed by atoms with Gasteiger partial charge in [-0.05, 0) is 61.6 Å². The Kier molecular flexibility index (Phi) is 4.42. The van der Waals surface area contributed by atoms with Crippen LogP contribution in [0, 0.1) is 17.8 Å². The van der Waals surface area contributed by atoms with Gasteiger partial charge in [0.1, 0.15) is 0 Å². The highest BCUT2D eigenvalue weighted by molar-refractivity contribution is 6.01.